The van der Waals surface area contributed by atoms with Gasteiger partial charge in [0.2, 0.25) is 5.95 Å². The Morgan fingerprint density at radius 3 is 1.98 bits per heavy atom. The van der Waals surface area contributed by atoms with Crippen LogP contribution in [0.5, 0.6) is 0 Å². The molecule has 1 unspecified atom stereocenters. The molecule has 270 valence electrons. The van der Waals surface area contributed by atoms with Gasteiger partial charge in [0, 0.05) is 42.2 Å². The van der Waals surface area contributed by atoms with E-state index >= 15 is 0 Å². The van der Waals surface area contributed by atoms with Gasteiger partial charge in [-0.15, -0.1) is 11.3 Å². The highest BCUT2D eigenvalue weighted by Gasteiger charge is 2.22. The summed E-state index contributed by atoms with van der Waals surface area (Å²) in [5, 5.41) is 18.3. The second-order valence-corrected chi connectivity index (χ2v) is 15.2. The number of hydrogen-bond donors (Lipinski definition) is 2. The molecule has 0 radical (unpaired) electrons. The Labute approximate surface area is 331 Å². The van der Waals surface area contributed by atoms with Gasteiger partial charge in [0.25, 0.3) is 0 Å². The molecule has 0 amide bonds. The fraction of sp³-hybridized carbons (Fsp3) is 0.0204. The van der Waals surface area contributed by atoms with Gasteiger partial charge in [-0.25, -0.2) is 4.98 Å². The maximum absolute atomic E-state index is 9.44. The number of nitrogens with zero attached hydrogens (tertiary/aromatic N) is 4. The van der Waals surface area contributed by atoms with E-state index in [1.165, 1.54) is 10.1 Å². The number of benzene rings is 7. The summed E-state index contributed by atoms with van der Waals surface area (Å²) in [4.78, 5) is 16.4. The summed E-state index contributed by atoms with van der Waals surface area (Å²) in [5.74, 6) is 1.97. The summed E-state index contributed by atoms with van der Waals surface area (Å²) in [6, 6.07) is 59.5. The third-order valence-corrected chi connectivity index (χ3v) is 11.8. The first-order chi connectivity index (χ1) is 28.2. The van der Waals surface area contributed by atoms with Crippen LogP contribution in [-0.4, -0.2) is 25.4 Å². The number of nitrogens with one attached hydrogen (secondary N) is 2. The van der Waals surface area contributed by atoms with E-state index < -0.39 is 0 Å². The third kappa shape index (κ3) is 5.65. The molecule has 7 aromatic carbocycles. The molecule has 2 N–H and O–H groups in total. The molecule has 0 fully saturated rings. The van der Waals surface area contributed by atoms with Crippen LogP contribution >= 0.6 is 11.3 Å². The lowest BCUT2D eigenvalue weighted by atomic mass is 10.0. The number of para-hydroxylation sites is 3. The molecule has 0 bridgehead atoms. The molecule has 0 spiro atoms. The Hall–Kier alpha value is -7.42. The molecule has 7 nitrogen and oxygen atoms in total. The highest BCUT2D eigenvalue weighted by Crippen LogP contribution is 2.37. The number of hydrogen-bond acceptors (Lipinski definition) is 6. The number of fused-ring (bicyclic) bond motifs is 7. The molecule has 0 saturated heterocycles. The van der Waals surface area contributed by atoms with Gasteiger partial charge in [-0.3, -0.25) is 9.98 Å². The van der Waals surface area contributed by atoms with Crippen molar-refractivity contribution in [3.05, 3.63) is 192 Å². The van der Waals surface area contributed by atoms with Gasteiger partial charge >= 0.3 is 0 Å². The monoisotopic (exact) mass is 752 g/mol. The number of aromatic nitrogens is 4. The minimum Gasteiger partial charge on any atom is -0.455 e. The topological polar surface area (TPSA) is 92.6 Å². The first-order valence-electron chi connectivity index (χ1n) is 18.8. The highest BCUT2D eigenvalue weighted by molar-refractivity contribution is 7.19. The standard InChI is InChI=1S/C49H32N6OS/c50-46(51-44(30-14-3-1-4-15-30)43-29-32-18-7-12-25-42(32)57-43)37-22-13-21-36-38-28-33(26-27-41(38)56-45(36)37)48-52-47(31-16-5-2-6-17-31)53-49(54-48)55-39-23-10-8-19-34(39)35-20-9-11-24-40(35)55/h1-29,44H,(H2,50,51). The van der Waals surface area contributed by atoms with Gasteiger partial charge in [0.05, 0.1) is 22.6 Å². The zero-order valence-corrected chi connectivity index (χ0v) is 31.2. The summed E-state index contributed by atoms with van der Waals surface area (Å²) in [7, 11) is 0. The Balaban J connectivity index is 1.03. The van der Waals surface area contributed by atoms with Crippen molar-refractivity contribution in [2.75, 3.05) is 0 Å². The van der Waals surface area contributed by atoms with Crippen molar-refractivity contribution in [2.45, 2.75) is 6.04 Å². The molecule has 11 rings (SSSR count). The van der Waals surface area contributed by atoms with Crippen molar-refractivity contribution in [2.24, 2.45) is 0 Å². The molecular weight excluding hydrogens is 721 g/mol. The molecule has 4 heterocycles. The first-order valence-corrected chi connectivity index (χ1v) is 19.6. The first kappa shape index (κ1) is 33.0. The average molecular weight is 753 g/mol. The maximum Gasteiger partial charge on any atom is 0.238 e. The molecule has 11 aromatic rings. The normalized spacial score (nSPS) is 12.2. The fourth-order valence-corrected chi connectivity index (χ4v) is 9.06. The molecule has 0 saturated carbocycles. The van der Waals surface area contributed by atoms with Gasteiger partial charge in [0.15, 0.2) is 11.6 Å². The molecule has 8 heteroatoms. The lowest BCUT2D eigenvalue weighted by Crippen LogP contribution is -2.29. The Bertz CT molecular complexity index is 3230. The van der Waals surface area contributed by atoms with Gasteiger partial charge in [-0.1, -0.05) is 127 Å². The molecule has 0 aliphatic heterocycles. The van der Waals surface area contributed by atoms with Gasteiger partial charge in [-0.2, -0.15) is 9.97 Å². The molecule has 57 heavy (non-hydrogen) atoms. The summed E-state index contributed by atoms with van der Waals surface area (Å²) in [5.41, 5.74) is 6.93. The van der Waals surface area contributed by atoms with Crippen LogP contribution in [0.2, 0.25) is 0 Å². The molecule has 0 aliphatic carbocycles. The van der Waals surface area contributed by atoms with E-state index in [-0.39, 0.29) is 11.9 Å². The molecule has 4 aromatic heterocycles. The predicted molar refractivity (Wildman–Crippen MR) is 232 cm³/mol. The number of furan rings is 1. The maximum atomic E-state index is 9.44. The van der Waals surface area contributed by atoms with Gasteiger partial charge in [-0.05, 0) is 59.5 Å². The zero-order chi connectivity index (χ0) is 37.9. The van der Waals surface area contributed by atoms with Gasteiger partial charge in [0.1, 0.15) is 17.0 Å². The average Bonchev–Trinajstić information content (AvgIpc) is 3.98. The van der Waals surface area contributed by atoms with Crippen molar-refractivity contribution >= 4 is 71.0 Å². The van der Waals surface area contributed by atoms with Crippen molar-refractivity contribution in [3.63, 3.8) is 0 Å². The van der Waals surface area contributed by atoms with Crippen LogP contribution < -0.4 is 5.32 Å². The van der Waals surface area contributed by atoms with E-state index in [1.807, 2.05) is 84.9 Å². The van der Waals surface area contributed by atoms with Gasteiger partial charge < -0.3 is 9.73 Å². The lowest BCUT2D eigenvalue weighted by Gasteiger charge is -2.20. The summed E-state index contributed by atoms with van der Waals surface area (Å²) >= 11 is 1.74. The van der Waals surface area contributed by atoms with Crippen LogP contribution in [0.15, 0.2) is 180 Å². The van der Waals surface area contributed by atoms with Crippen molar-refractivity contribution in [3.8, 4) is 28.7 Å². The smallest absolute Gasteiger partial charge is 0.238 e. The zero-order valence-electron chi connectivity index (χ0n) is 30.4. The van der Waals surface area contributed by atoms with E-state index in [1.54, 1.807) is 11.3 Å². The Kier molecular flexibility index (Phi) is 7.75. The second kappa shape index (κ2) is 13.4. The highest BCUT2D eigenvalue weighted by atomic mass is 32.1. The quantitative estimate of drug-likeness (QED) is 0.125. The lowest BCUT2D eigenvalue weighted by molar-refractivity contribution is 0.667. The minimum absolute atomic E-state index is 0.214. The van der Waals surface area contributed by atoms with E-state index in [0.717, 1.165) is 59.7 Å². The number of amidine groups is 1. The SMILES string of the molecule is N=C(NC(c1ccccc1)c1cc2ccccc2s1)c1cccc2c1oc1ccc(-c3nc(-c4ccccc4)nc(-n4c5ccccc5c5ccccc54)n3)cc12. The molecule has 0 aliphatic rings. The van der Waals surface area contributed by atoms with E-state index in [9.17, 15) is 5.41 Å². The van der Waals surface area contributed by atoms with E-state index in [0.29, 0.717) is 28.7 Å². The van der Waals surface area contributed by atoms with Crippen LogP contribution in [0.3, 0.4) is 0 Å². The third-order valence-electron chi connectivity index (χ3n) is 10.6. The van der Waals surface area contributed by atoms with Crippen molar-refractivity contribution in [1.82, 2.24) is 24.8 Å². The number of rotatable bonds is 7. The minimum atomic E-state index is -0.214. The molecule has 1 atom stereocenters. The summed E-state index contributed by atoms with van der Waals surface area (Å²) < 4.78 is 9.91. The molecular formula is C49H32N6OS. The van der Waals surface area contributed by atoms with E-state index in [4.69, 9.17) is 19.4 Å². The van der Waals surface area contributed by atoms with Crippen LogP contribution in [0.25, 0.3) is 82.6 Å². The van der Waals surface area contributed by atoms with Crippen LogP contribution in [0, 0.1) is 5.41 Å². The predicted octanol–water partition coefficient (Wildman–Crippen LogP) is 12.1. The largest absolute Gasteiger partial charge is 0.455 e. The van der Waals surface area contributed by atoms with Crippen LogP contribution in [0.4, 0.5) is 0 Å². The Morgan fingerprint density at radius 2 is 1.23 bits per heavy atom. The van der Waals surface area contributed by atoms with Crippen LogP contribution in [-0.2, 0) is 0 Å². The van der Waals surface area contributed by atoms with Crippen molar-refractivity contribution < 1.29 is 4.42 Å². The summed E-state index contributed by atoms with van der Waals surface area (Å²) in [6.07, 6.45) is 0. The Morgan fingerprint density at radius 1 is 0.579 bits per heavy atom. The second-order valence-electron chi connectivity index (χ2n) is 14.1. The van der Waals surface area contributed by atoms with E-state index in [2.05, 4.69) is 101 Å². The summed E-state index contributed by atoms with van der Waals surface area (Å²) in [6.45, 7) is 0. The van der Waals surface area contributed by atoms with Crippen molar-refractivity contribution in [1.29, 1.82) is 5.41 Å². The number of thiophene rings is 1. The van der Waals surface area contributed by atoms with Crippen LogP contribution in [0.1, 0.15) is 22.0 Å². The fourth-order valence-electron chi connectivity index (χ4n) is 7.91.